The summed E-state index contributed by atoms with van der Waals surface area (Å²) in [7, 11) is 3.26. The van der Waals surface area contributed by atoms with Crippen molar-refractivity contribution < 1.29 is 23.8 Å². The minimum absolute atomic E-state index is 0.0755. The van der Waals surface area contributed by atoms with Crippen molar-refractivity contribution in [3.8, 4) is 5.75 Å². The minimum Gasteiger partial charge on any atom is -0.493 e. The van der Waals surface area contributed by atoms with E-state index in [-0.39, 0.29) is 23.3 Å². The molecule has 292 valence electrons. The van der Waals surface area contributed by atoms with Crippen molar-refractivity contribution in [3.63, 3.8) is 0 Å². The molecule has 54 heavy (non-hydrogen) atoms. The van der Waals surface area contributed by atoms with Crippen LogP contribution in [0.3, 0.4) is 0 Å². The van der Waals surface area contributed by atoms with Crippen LogP contribution in [0.15, 0.2) is 65.8 Å². The van der Waals surface area contributed by atoms with E-state index in [4.69, 9.17) is 47.4 Å². The third-order valence-electron chi connectivity index (χ3n) is 10.9. The van der Waals surface area contributed by atoms with E-state index in [0.717, 1.165) is 16.8 Å². The third kappa shape index (κ3) is 8.57. The number of urea groups is 1. The summed E-state index contributed by atoms with van der Waals surface area (Å²) in [6, 6.07) is 17.1. The molecule has 2 aliphatic heterocycles. The zero-order valence-corrected chi connectivity index (χ0v) is 34.5. The van der Waals surface area contributed by atoms with Gasteiger partial charge in [0.25, 0.3) is 0 Å². The summed E-state index contributed by atoms with van der Waals surface area (Å²) in [5, 5.41) is 1.20. The number of carbonyl (C=O) groups excluding carboxylic acids is 2. The number of rotatable bonds is 13. The normalized spacial score (nSPS) is 20.6. The lowest BCUT2D eigenvalue weighted by molar-refractivity contribution is -0.133. The minimum atomic E-state index is -1.04. The number of aliphatic imine (C=N–C) groups is 1. The number of carbonyl (C=O) groups is 2. The summed E-state index contributed by atoms with van der Waals surface area (Å²) in [4.78, 5) is 44.7. The molecule has 0 saturated carbocycles. The number of ether oxygens (including phenoxy) is 3. The molecule has 2 aliphatic rings. The summed E-state index contributed by atoms with van der Waals surface area (Å²) < 4.78 is 16.8. The lowest BCUT2D eigenvalue weighted by Gasteiger charge is -2.47. The Labute approximate surface area is 330 Å². The van der Waals surface area contributed by atoms with Crippen molar-refractivity contribution in [1.29, 1.82) is 0 Å². The number of amidine groups is 1. The van der Waals surface area contributed by atoms with Gasteiger partial charge in [-0.25, -0.2) is 4.79 Å². The molecule has 0 aliphatic carbocycles. The number of hydrogen-bond acceptors (Lipinski definition) is 7. The molecule has 3 amide bonds. The molecule has 2 atom stereocenters. The smallest absolute Gasteiger partial charge is 0.326 e. The molecule has 2 aromatic carbocycles. The molecule has 3 aromatic rings. The molecule has 0 N–H and O–H groups in total. The van der Waals surface area contributed by atoms with Gasteiger partial charge in [-0.3, -0.25) is 19.7 Å². The number of halogens is 2. The van der Waals surface area contributed by atoms with Gasteiger partial charge in [-0.15, -0.1) is 0 Å². The Morgan fingerprint density at radius 3 is 1.98 bits per heavy atom. The maximum atomic E-state index is 15.3. The van der Waals surface area contributed by atoms with Gasteiger partial charge in [0.1, 0.15) is 22.7 Å². The average Bonchev–Trinajstić information content (AvgIpc) is 3.39. The molecule has 12 heteroatoms. The predicted octanol–water partition coefficient (Wildman–Crippen LogP) is 8.32. The molecule has 1 aromatic heterocycles. The number of piperidine rings is 1. The first kappa shape index (κ1) is 41.5. The van der Waals surface area contributed by atoms with Crippen molar-refractivity contribution in [2.45, 2.75) is 77.3 Å². The molecule has 1 saturated heterocycles. The van der Waals surface area contributed by atoms with Crippen molar-refractivity contribution in [2.75, 3.05) is 60.2 Å². The fourth-order valence-electron chi connectivity index (χ4n) is 7.47. The maximum Gasteiger partial charge on any atom is 0.326 e. The van der Waals surface area contributed by atoms with Crippen LogP contribution >= 0.6 is 23.2 Å². The van der Waals surface area contributed by atoms with E-state index in [9.17, 15) is 4.79 Å². The Balaban J connectivity index is 1.57. The van der Waals surface area contributed by atoms with Gasteiger partial charge in [0.05, 0.1) is 25.4 Å². The lowest BCUT2D eigenvalue weighted by Crippen LogP contribution is -2.59. The average molecular weight is 781 g/mol. The zero-order valence-electron chi connectivity index (χ0n) is 33.0. The van der Waals surface area contributed by atoms with E-state index in [1.807, 2.05) is 76.2 Å². The van der Waals surface area contributed by atoms with Crippen LogP contribution in [0.1, 0.15) is 83.2 Å². The summed E-state index contributed by atoms with van der Waals surface area (Å²) in [6.07, 6.45) is 3.58. The number of nitrogens with zero attached hydrogens (tertiary/aromatic N) is 5. The van der Waals surface area contributed by atoms with Gasteiger partial charge < -0.3 is 24.0 Å². The van der Waals surface area contributed by atoms with Crippen LogP contribution in [0.2, 0.25) is 10.0 Å². The Kier molecular flexibility index (Phi) is 13.4. The third-order valence-corrected chi connectivity index (χ3v) is 11.5. The number of aromatic nitrogens is 1. The molecule has 1 fully saturated rings. The molecule has 3 heterocycles. The first-order chi connectivity index (χ1) is 25.7. The van der Waals surface area contributed by atoms with Gasteiger partial charge in [0, 0.05) is 80.2 Å². The summed E-state index contributed by atoms with van der Waals surface area (Å²) in [6.45, 7) is 15.7. The van der Waals surface area contributed by atoms with Crippen molar-refractivity contribution in [3.05, 3.63) is 93.2 Å². The highest BCUT2D eigenvalue weighted by atomic mass is 35.5. The number of methoxy groups -OCH3 is 2. The van der Waals surface area contributed by atoms with Gasteiger partial charge >= 0.3 is 6.03 Å². The van der Waals surface area contributed by atoms with Crippen molar-refractivity contribution in [2.24, 2.45) is 10.9 Å². The molecular weight excluding hydrogens is 725 g/mol. The summed E-state index contributed by atoms with van der Waals surface area (Å²) in [5.74, 6) is 1.29. The molecule has 0 spiro atoms. The fraction of sp³-hybridized carbons (Fsp3) is 0.524. The maximum absolute atomic E-state index is 15.3. The van der Waals surface area contributed by atoms with Crippen LogP contribution in [-0.2, 0) is 30.8 Å². The monoisotopic (exact) mass is 779 g/mol. The van der Waals surface area contributed by atoms with Crippen LogP contribution in [0.4, 0.5) is 4.79 Å². The number of hydrogen-bond donors (Lipinski definition) is 0. The van der Waals surface area contributed by atoms with Crippen LogP contribution in [0.5, 0.6) is 5.75 Å². The van der Waals surface area contributed by atoms with E-state index in [1.54, 1.807) is 20.4 Å². The fourth-order valence-corrected chi connectivity index (χ4v) is 7.72. The number of benzene rings is 2. The Bertz CT molecular complexity index is 1780. The van der Waals surface area contributed by atoms with Gasteiger partial charge in [0.15, 0.2) is 0 Å². The highest BCUT2D eigenvalue weighted by Crippen LogP contribution is 2.54. The van der Waals surface area contributed by atoms with E-state index in [0.29, 0.717) is 92.5 Å². The van der Waals surface area contributed by atoms with Crippen molar-refractivity contribution >= 4 is 41.0 Å². The Morgan fingerprint density at radius 1 is 0.907 bits per heavy atom. The van der Waals surface area contributed by atoms with Gasteiger partial charge in [-0.2, -0.15) is 0 Å². The van der Waals surface area contributed by atoms with Crippen molar-refractivity contribution in [1.82, 2.24) is 19.7 Å². The largest absolute Gasteiger partial charge is 0.493 e. The first-order valence-electron chi connectivity index (χ1n) is 18.8. The van der Waals surface area contributed by atoms with Crippen LogP contribution in [-0.4, -0.2) is 97.7 Å². The first-order valence-corrected chi connectivity index (χ1v) is 19.5. The molecule has 5 rings (SSSR count). The number of likely N-dealkylation sites (tertiary alicyclic amines) is 1. The van der Waals surface area contributed by atoms with Crippen LogP contribution < -0.4 is 4.74 Å². The molecule has 10 nitrogen and oxygen atoms in total. The van der Waals surface area contributed by atoms with Gasteiger partial charge in [0.2, 0.25) is 5.91 Å². The highest BCUT2D eigenvalue weighted by molar-refractivity contribution is 6.30. The SMILES string of the molecule is CCOc1cc(C(C)(C)C)ncc1C1=N[C@@](C)(c2ccc(Cl)cc2)C(C)(c2ccc(Cl)cc2)N1C(=O)N1CCC(CC(=O)N(CCOC)CCOC)CC1. The Hall–Kier alpha value is -3.70. The van der Waals surface area contributed by atoms with E-state index < -0.39 is 11.1 Å². The second-order valence-electron chi connectivity index (χ2n) is 15.5. The zero-order chi connectivity index (χ0) is 39.3. The van der Waals surface area contributed by atoms with Crippen LogP contribution in [0, 0.1) is 5.92 Å². The summed E-state index contributed by atoms with van der Waals surface area (Å²) in [5.41, 5.74) is 0.986. The lowest BCUT2D eigenvalue weighted by atomic mass is 9.71. The van der Waals surface area contributed by atoms with E-state index >= 15 is 4.79 Å². The quantitative estimate of drug-likeness (QED) is 0.173. The van der Waals surface area contributed by atoms with E-state index in [1.165, 1.54) is 0 Å². The van der Waals surface area contributed by atoms with Crippen LogP contribution in [0.25, 0.3) is 0 Å². The standard InChI is InChI=1S/C42H55Cl2N5O5/c1-9-54-35-27-36(40(2,3)4)45-28-34(35)38-46-41(5,30-10-14-32(43)15-11-30)42(6,31-12-16-33(44)17-13-31)49(38)39(51)48-20-18-29(19-21-48)26-37(50)47(22-24-52-7)23-25-53-8/h10-17,27-29H,9,18-26H2,1-8H3/t41-,42?/m0/s1. The topological polar surface area (TPSA) is 96.8 Å². The second-order valence-corrected chi connectivity index (χ2v) is 16.3. The predicted molar refractivity (Wildman–Crippen MR) is 215 cm³/mol. The molecule has 0 bridgehead atoms. The summed E-state index contributed by atoms with van der Waals surface area (Å²) >= 11 is 12.8. The molecule has 1 unspecified atom stereocenters. The van der Waals surface area contributed by atoms with Gasteiger partial charge in [-0.1, -0.05) is 68.2 Å². The molecular formula is C42H55Cl2N5O5. The van der Waals surface area contributed by atoms with Gasteiger partial charge in [-0.05, 0) is 74.9 Å². The highest BCUT2D eigenvalue weighted by Gasteiger charge is 2.60. The number of pyridine rings is 1. The number of amides is 3. The Morgan fingerprint density at radius 2 is 1.46 bits per heavy atom. The second kappa shape index (κ2) is 17.4. The van der Waals surface area contributed by atoms with E-state index in [2.05, 4.69) is 34.6 Å². The molecule has 0 radical (unpaired) electrons.